The second kappa shape index (κ2) is 6.13. The van der Waals surface area contributed by atoms with Crippen molar-refractivity contribution in [3.8, 4) is 0 Å². The van der Waals surface area contributed by atoms with Crippen molar-refractivity contribution in [2.45, 2.75) is 12.8 Å². The largest absolute Gasteiger partial charge is 0.381 e. The lowest BCUT2D eigenvalue weighted by Crippen LogP contribution is -2.37. The van der Waals surface area contributed by atoms with Gasteiger partial charge in [-0.2, -0.15) is 5.10 Å². The van der Waals surface area contributed by atoms with Gasteiger partial charge in [0.1, 0.15) is 0 Å². The van der Waals surface area contributed by atoms with Crippen LogP contribution in [0.4, 0.5) is 10.5 Å². The van der Waals surface area contributed by atoms with Crippen LogP contribution < -0.4 is 5.32 Å². The Bertz CT molecular complexity index is 619. The number of hydrogen-bond acceptors (Lipinski definition) is 3. The summed E-state index contributed by atoms with van der Waals surface area (Å²) in [5.41, 5.74) is 1.62. The van der Waals surface area contributed by atoms with Crippen LogP contribution in [0.25, 0.3) is 5.52 Å². The number of amides is 2. The molecule has 1 aliphatic rings. The molecule has 6 heteroatoms. The highest BCUT2D eigenvalue weighted by Gasteiger charge is 2.19. The number of nitrogens with zero attached hydrogens (tertiary/aromatic N) is 3. The summed E-state index contributed by atoms with van der Waals surface area (Å²) in [4.78, 5) is 14.0. The Morgan fingerprint density at radius 1 is 1.57 bits per heavy atom. The fraction of sp³-hybridized carbons (Fsp3) is 0.467. The number of carbonyl (C=O) groups excluding carboxylic acids is 1. The third-order valence-electron chi connectivity index (χ3n) is 3.80. The van der Waals surface area contributed by atoms with E-state index in [0.717, 1.165) is 37.3 Å². The summed E-state index contributed by atoms with van der Waals surface area (Å²) in [5, 5.41) is 7.13. The average Bonchev–Trinajstić information content (AvgIpc) is 2.91. The van der Waals surface area contributed by atoms with E-state index < -0.39 is 0 Å². The quantitative estimate of drug-likeness (QED) is 0.942. The van der Waals surface area contributed by atoms with Crippen molar-refractivity contribution in [1.82, 2.24) is 14.5 Å². The summed E-state index contributed by atoms with van der Waals surface area (Å²) in [6.07, 6.45) is 5.72. The molecule has 3 heterocycles. The normalized spacial score (nSPS) is 18.6. The predicted molar refractivity (Wildman–Crippen MR) is 80.4 cm³/mol. The van der Waals surface area contributed by atoms with Gasteiger partial charge in [0, 0.05) is 32.3 Å². The Morgan fingerprint density at radius 2 is 2.48 bits per heavy atom. The maximum absolute atomic E-state index is 12.3. The number of rotatable bonds is 3. The smallest absolute Gasteiger partial charge is 0.321 e. The van der Waals surface area contributed by atoms with Gasteiger partial charge in [0.2, 0.25) is 0 Å². The van der Waals surface area contributed by atoms with Crippen LogP contribution in [0.3, 0.4) is 0 Å². The van der Waals surface area contributed by atoms with Crippen LogP contribution in [0.5, 0.6) is 0 Å². The van der Waals surface area contributed by atoms with Crippen LogP contribution in [0.1, 0.15) is 12.8 Å². The molecule has 3 rings (SSSR count). The molecule has 1 saturated heterocycles. The van der Waals surface area contributed by atoms with E-state index in [4.69, 9.17) is 4.74 Å². The van der Waals surface area contributed by atoms with Crippen molar-refractivity contribution in [3.05, 3.63) is 30.6 Å². The minimum Gasteiger partial charge on any atom is -0.381 e. The number of ether oxygens (including phenoxy) is 1. The molecule has 2 amide bonds. The first-order valence-electron chi connectivity index (χ1n) is 7.26. The van der Waals surface area contributed by atoms with Crippen molar-refractivity contribution >= 4 is 17.2 Å². The van der Waals surface area contributed by atoms with Crippen molar-refractivity contribution in [3.63, 3.8) is 0 Å². The molecule has 0 bridgehead atoms. The van der Waals surface area contributed by atoms with Gasteiger partial charge < -0.3 is 15.0 Å². The monoisotopic (exact) mass is 288 g/mol. The molecule has 0 unspecified atom stereocenters. The third kappa shape index (κ3) is 3.16. The molecular formula is C15H20N4O2. The number of pyridine rings is 1. The molecule has 21 heavy (non-hydrogen) atoms. The Morgan fingerprint density at radius 3 is 3.29 bits per heavy atom. The zero-order valence-corrected chi connectivity index (χ0v) is 12.2. The molecule has 112 valence electrons. The Hall–Kier alpha value is -2.08. The summed E-state index contributed by atoms with van der Waals surface area (Å²) in [7, 11) is 1.82. The lowest BCUT2D eigenvalue weighted by Gasteiger charge is -2.27. The van der Waals surface area contributed by atoms with Gasteiger partial charge in [-0.1, -0.05) is 6.07 Å². The fourth-order valence-electron chi connectivity index (χ4n) is 2.66. The van der Waals surface area contributed by atoms with E-state index in [0.29, 0.717) is 12.5 Å². The zero-order valence-electron chi connectivity index (χ0n) is 12.2. The first kappa shape index (κ1) is 13.9. The molecule has 0 aliphatic carbocycles. The Labute approximate surface area is 123 Å². The van der Waals surface area contributed by atoms with E-state index in [2.05, 4.69) is 10.4 Å². The molecule has 2 aromatic heterocycles. The molecule has 6 nitrogen and oxygen atoms in total. The summed E-state index contributed by atoms with van der Waals surface area (Å²) < 4.78 is 7.20. The molecule has 0 radical (unpaired) electrons. The van der Waals surface area contributed by atoms with Crippen LogP contribution in [0.15, 0.2) is 30.6 Å². The number of carbonyl (C=O) groups is 1. The number of fused-ring (bicyclic) bond motifs is 1. The number of hydrogen-bond donors (Lipinski definition) is 1. The minimum atomic E-state index is -0.112. The molecule has 1 fully saturated rings. The van der Waals surface area contributed by atoms with Crippen LogP contribution in [-0.2, 0) is 4.74 Å². The first-order valence-corrected chi connectivity index (χ1v) is 7.26. The van der Waals surface area contributed by atoms with Gasteiger partial charge in [-0.05, 0) is 25.0 Å². The minimum absolute atomic E-state index is 0.112. The van der Waals surface area contributed by atoms with E-state index in [1.165, 1.54) is 0 Å². The predicted octanol–water partition coefficient (Wildman–Crippen LogP) is 2.22. The maximum atomic E-state index is 12.3. The van der Waals surface area contributed by atoms with Crippen LogP contribution in [0, 0.1) is 5.92 Å². The van der Waals surface area contributed by atoms with Crippen LogP contribution in [0.2, 0.25) is 0 Å². The van der Waals surface area contributed by atoms with Gasteiger partial charge >= 0.3 is 6.03 Å². The highest BCUT2D eigenvalue weighted by molar-refractivity contribution is 5.93. The van der Waals surface area contributed by atoms with Gasteiger partial charge in [0.15, 0.2) is 0 Å². The highest BCUT2D eigenvalue weighted by Crippen LogP contribution is 2.18. The molecule has 0 aromatic carbocycles. The molecule has 1 aliphatic heterocycles. The topological polar surface area (TPSA) is 58.9 Å². The lowest BCUT2D eigenvalue weighted by atomic mass is 10.0. The summed E-state index contributed by atoms with van der Waals surface area (Å²) in [5.74, 6) is 0.429. The first-order chi connectivity index (χ1) is 10.2. The standard InChI is InChI=1S/C15H20N4O2/c1-18(10-12-5-4-8-21-11-12)15(20)17-13-9-16-19-7-3-2-6-14(13)19/h2-3,6-7,9,12H,4-5,8,10-11H2,1H3,(H,17,20)/t12-/m1/s1. The molecule has 1 N–H and O–H groups in total. The zero-order chi connectivity index (χ0) is 14.7. The maximum Gasteiger partial charge on any atom is 0.321 e. The van der Waals surface area contributed by atoms with Crippen LogP contribution >= 0.6 is 0 Å². The second-order valence-electron chi connectivity index (χ2n) is 5.48. The fourth-order valence-corrected chi connectivity index (χ4v) is 2.66. The number of urea groups is 1. The lowest BCUT2D eigenvalue weighted by molar-refractivity contribution is 0.0464. The number of anilines is 1. The summed E-state index contributed by atoms with van der Waals surface area (Å²) >= 11 is 0. The Balaban J connectivity index is 1.62. The van der Waals surface area contributed by atoms with Crippen LogP contribution in [-0.4, -0.2) is 47.4 Å². The molecule has 0 spiro atoms. The van der Waals surface area contributed by atoms with Crippen molar-refractivity contribution < 1.29 is 9.53 Å². The van der Waals surface area contributed by atoms with Crippen molar-refractivity contribution in [1.29, 1.82) is 0 Å². The van der Waals surface area contributed by atoms with Gasteiger partial charge in [-0.15, -0.1) is 0 Å². The third-order valence-corrected chi connectivity index (χ3v) is 3.80. The molecular weight excluding hydrogens is 268 g/mol. The van der Waals surface area contributed by atoms with Crippen molar-refractivity contribution in [2.24, 2.45) is 5.92 Å². The Kier molecular flexibility index (Phi) is 4.06. The van der Waals surface area contributed by atoms with Gasteiger partial charge in [-0.3, -0.25) is 0 Å². The summed E-state index contributed by atoms with van der Waals surface area (Å²) in [6.45, 7) is 2.30. The SMILES string of the molecule is CN(C[C@H]1CCCOC1)C(=O)Nc1cnn2ccccc12. The van der Waals surface area contributed by atoms with Gasteiger partial charge in [-0.25, -0.2) is 9.31 Å². The molecule has 2 aromatic rings. The van der Waals surface area contributed by atoms with Gasteiger partial charge in [0.25, 0.3) is 0 Å². The van der Waals surface area contributed by atoms with E-state index in [-0.39, 0.29) is 6.03 Å². The molecule has 1 atom stereocenters. The van der Waals surface area contributed by atoms with Gasteiger partial charge in [0.05, 0.1) is 24.0 Å². The second-order valence-corrected chi connectivity index (χ2v) is 5.48. The number of nitrogens with one attached hydrogen (secondary N) is 1. The highest BCUT2D eigenvalue weighted by atomic mass is 16.5. The number of aromatic nitrogens is 2. The average molecular weight is 288 g/mol. The molecule has 0 saturated carbocycles. The van der Waals surface area contributed by atoms with Crippen molar-refractivity contribution in [2.75, 3.05) is 32.1 Å². The van der Waals surface area contributed by atoms with E-state index in [9.17, 15) is 4.79 Å². The van der Waals surface area contributed by atoms with E-state index >= 15 is 0 Å². The summed E-state index contributed by atoms with van der Waals surface area (Å²) in [6, 6.07) is 5.65. The van der Waals surface area contributed by atoms with E-state index in [1.807, 2.05) is 31.4 Å². The van der Waals surface area contributed by atoms with E-state index in [1.54, 1.807) is 15.6 Å².